The van der Waals surface area contributed by atoms with Crippen LogP contribution in [0.25, 0.3) is 0 Å². The molecule has 0 spiro atoms. The molecule has 0 atom stereocenters. The molecule has 0 amide bonds. The molecule has 0 bridgehead atoms. The van der Waals surface area contributed by atoms with Crippen molar-refractivity contribution in [3.8, 4) is 5.75 Å². The van der Waals surface area contributed by atoms with Gasteiger partial charge in [0.1, 0.15) is 5.75 Å². The lowest BCUT2D eigenvalue weighted by atomic mass is 9.93. The highest BCUT2D eigenvalue weighted by atomic mass is 16.5. The molecule has 2 nitrogen and oxygen atoms in total. The van der Waals surface area contributed by atoms with Gasteiger partial charge in [-0.25, -0.2) is 0 Å². The zero-order valence-electron chi connectivity index (χ0n) is 10.6. The second kappa shape index (κ2) is 4.97. The van der Waals surface area contributed by atoms with E-state index in [0.29, 0.717) is 6.61 Å². The van der Waals surface area contributed by atoms with Gasteiger partial charge in [0.15, 0.2) is 5.78 Å². The number of ketones is 1. The Balaban J connectivity index is 1.86. The number of rotatable bonds is 2. The molecule has 0 radical (unpaired) electrons. The summed E-state index contributed by atoms with van der Waals surface area (Å²) in [5.74, 6) is 0.931. The molecule has 0 N–H and O–H groups in total. The first-order valence-corrected chi connectivity index (χ1v) is 6.83. The number of para-hydroxylation sites is 1. The molecule has 1 saturated carbocycles. The predicted octanol–water partition coefficient (Wildman–Crippen LogP) is 3.69. The summed E-state index contributed by atoms with van der Waals surface area (Å²) in [4.78, 5) is 12.3. The monoisotopic (exact) mass is 242 g/mol. The Morgan fingerprint density at radius 2 is 1.94 bits per heavy atom. The molecule has 18 heavy (non-hydrogen) atoms. The number of hydrogen-bond donors (Lipinski definition) is 0. The van der Waals surface area contributed by atoms with Crippen LogP contribution in [-0.4, -0.2) is 12.4 Å². The van der Waals surface area contributed by atoms with Crippen molar-refractivity contribution in [2.45, 2.75) is 38.5 Å². The van der Waals surface area contributed by atoms with Gasteiger partial charge in [0.25, 0.3) is 0 Å². The molecule has 1 aliphatic heterocycles. The Hall–Kier alpha value is -1.57. The molecule has 1 aliphatic carbocycles. The summed E-state index contributed by atoms with van der Waals surface area (Å²) in [5, 5.41) is 0. The minimum Gasteiger partial charge on any atom is -0.492 e. The van der Waals surface area contributed by atoms with Gasteiger partial charge in [0.2, 0.25) is 0 Å². The molecule has 1 fully saturated rings. The van der Waals surface area contributed by atoms with Crippen LogP contribution in [-0.2, 0) is 6.42 Å². The number of carbonyl (C=O) groups is 1. The van der Waals surface area contributed by atoms with Crippen LogP contribution in [0.5, 0.6) is 5.75 Å². The fourth-order valence-electron chi connectivity index (χ4n) is 2.82. The molecule has 1 aromatic rings. The van der Waals surface area contributed by atoms with Crippen LogP contribution in [0.1, 0.15) is 48.0 Å². The Bertz CT molecular complexity index is 492. The van der Waals surface area contributed by atoms with Crippen LogP contribution in [0.15, 0.2) is 29.8 Å². The average Bonchev–Trinajstić information content (AvgIpc) is 2.87. The summed E-state index contributed by atoms with van der Waals surface area (Å²) in [6, 6.07) is 5.89. The third-order valence-electron chi connectivity index (χ3n) is 3.81. The first-order chi connectivity index (χ1) is 8.84. The molecule has 1 heterocycles. The summed E-state index contributed by atoms with van der Waals surface area (Å²) in [6.45, 7) is 0.705. The maximum Gasteiger partial charge on any atom is 0.189 e. The zero-order valence-corrected chi connectivity index (χ0v) is 10.6. The molecule has 2 aliphatic rings. The maximum atomic E-state index is 12.3. The van der Waals surface area contributed by atoms with Crippen LogP contribution < -0.4 is 4.74 Å². The Morgan fingerprint density at radius 1 is 1.11 bits per heavy atom. The van der Waals surface area contributed by atoms with Gasteiger partial charge >= 0.3 is 0 Å². The predicted molar refractivity (Wildman–Crippen MR) is 71.1 cm³/mol. The molecule has 2 heteroatoms. The van der Waals surface area contributed by atoms with E-state index in [4.69, 9.17) is 4.74 Å². The van der Waals surface area contributed by atoms with Gasteiger partial charge in [0, 0.05) is 6.42 Å². The van der Waals surface area contributed by atoms with Crippen LogP contribution in [0, 0.1) is 0 Å². The Labute approximate surface area is 108 Å². The van der Waals surface area contributed by atoms with Crippen molar-refractivity contribution < 1.29 is 9.53 Å². The highest BCUT2D eigenvalue weighted by molar-refractivity contribution is 6.07. The van der Waals surface area contributed by atoms with E-state index in [1.54, 1.807) is 0 Å². The molecular formula is C16H18O2. The molecule has 0 aromatic heterocycles. The van der Waals surface area contributed by atoms with Crippen molar-refractivity contribution in [3.05, 3.63) is 41.0 Å². The Morgan fingerprint density at radius 3 is 2.78 bits per heavy atom. The van der Waals surface area contributed by atoms with Crippen molar-refractivity contribution in [2.24, 2.45) is 0 Å². The molecule has 3 rings (SSSR count). The number of hydrogen-bond acceptors (Lipinski definition) is 2. The van der Waals surface area contributed by atoms with E-state index in [9.17, 15) is 4.79 Å². The van der Waals surface area contributed by atoms with Crippen molar-refractivity contribution in [1.29, 1.82) is 0 Å². The van der Waals surface area contributed by atoms with E-state index in [0.717, 1.165) is 30.6 Å². The van der Waals surface area contributed by atoms with Crippen molar-refractivity contribution in [3.63, 3.8) is 0 Å². The molecule has 0 saturated heterocycles. The fraction of sp³-hybridized carbons (Fsp3) is 0.438. The number of allylic oxidation sites excluding steroid dienone is 2. The summed E-state index contributed by atoms with van der Waals surface area (Å²) < 4.78 is 5.59. The van der Waals surface area contributed by atoms with Gasteiger partial charge in [-0.2, -0.15) is 0 Å². The van der Waals surface area contributed by atoms with Crippen LogP contribution in [0.2, 0.25) is 0 Å². The lowest BCUT2D eigenvalue weighted by molar-refractivity contribution is 0.104. The highest BCUT2D eigenvalue weighted by Gasteiger charge is 2.19. The smallest absolute Gasteiger partial charge is 0.189 e. The quantitative estimate of drug-likeness (QED) is 0.584. The number of fused-ring (bicyclic) bond motifs is 1. The van der Waals surface area contributed by atoms with E-state index >= 15 is 0 Å². The van der Waals surface area contributed by atoms with E-state index < -0.39 is 0 Å². The number of carbonyl (C=O) groups excluding carboxylic acids is 1. The first-order valence-electron chi connectivity index (χ1n) is 6.83. The number of benzene rings is 1. The van der Waals surface area contributed by atoms with Gasteiger partial charge in [-0.1, -0.05) is 24.1 Å². The van der Waals surface area contributed by atoms with Gasteiger partial charge in [-0.15, -0.1) is 0 Å². The van der Waals surface area contributed by atoms with Gasteiger partial charge in [-0.3, -0.25) is 4.79 Å². The summed E-state index contributed by atoms with van der Waals surface area (Å²) in [6.07, 6.45) is 8.69. The minimum atomic E-state index is 0.116. The minimum absolute atomic E-state index is 0.116. The zero-order chi connectivity index (χ0) is 12.4. The van der Waals surface area contributed by atoms with Crippen molar-refractivity contribution in [2.75, 3.05) is 6.61 Å². The standard InChI is InChI=1S/C16H18O2/c17-15(11-12-5-2-1-3-6-12)14-8-4-7-13-9-10-18-16(13)14/h4,7-8,11H,1-3,5-6,9-10H2. The maximum absolute atomic E-state index is 12.3. The van der Waals surface area contributed by atoms with Crippen molar-refractivity contribution >= 4 is 5.78 Å². The van der Waals surface area contributed by atoms with E-state index in [-0.39, 0.29) is 5.78 Å². The SMILES string of the molecule is O=C(C=C1CCCCC1)c1cccc2c1OCC2. The van der Waals surface area contributed by atoms with Crippen molar-refractivity contribution in [1.82, 2.24) is 0 Å². The van der Waals surface area contributed by atoms with Gasteiger partial charge < -0.3 is 4.74 Å². The van der Waals surface area contributed by atoms with E-state index in [2.05, 4.69) is 0 Å². The lowest BCUT2D eigenvalue weighted by Crippen LogP contribution is -2.02. The number of ether oxygens (including phenoxy) is 1. The summed E-state index contributed by atoms with van der Waals surface area (Å²) >= 11 is 0. The third kappa shape index (κ3) is 2.20. The van der Waals surface area contributed by atoms with Gasteiger partial charge in [-0.05, 0) is 43.4 Å². The summed E-state index contributed by atoms with van der Waals surface area (Å²) in [5.41, 5.74) is 3.22. The largest absolute Gasteiger partial charge is 0.492 e. The van der Waals surface area contributed by atoms with E-state index in [1.807, 2.05) is 24.3 Å². The second-order valence-electron chi connectivity index (χ2n) is 5.12. The van der Waals surface area contributed by atoms with Gasteiger partial charge in [0.05, 0.1) is 12.2 Å². The summed E-state index contributed by atoms with van der Waals surface area (Å²) in [7, 11) is 0. The van der Waals surface area contributed by atoms with Crippen LogP contribution >= 0.6 is 0 Å². The average molecular weight is 242 g/mol. The van der Waals surface area contributed by atoms with Crippen LogP contribution in [0.3, 0.4) is 0 Å². The van der Waals surface area contributed by atoms with Crippen LogP contribution in [0.4, 0.5) is 0 Å². The molecular weight excluding hydrogens is 224 g/mol. The molecule has 94 valence electrons. The normalized spacial score (nSPS) is 18.1. The third-order valence-corrected chi connectivity index (χ3v) is 3.81. The lowest BCUT2D eigenvalue weighted by Gasteiger charge is -2.13. The first kappa shape index (κ1) is 11.5. The molecule has 1 aromatic carbocycles. The topological polar surface area (TPSA) is 26.3 Å². The Kier molecular flexibility index (Phi) is 3.18. The van der Waals surface area contributed by atoms with E-state index in [1.165, 1.54) is 30.4 Å². The highest BCUT2D eigenvalue weighted by Crippen LogP contribution is 2.31. The fourth-order valence-corrected chi connectivity index (χ4v) is 2.82. The molecule has 0 unspecified atom stereocenters. The second-order valence-corrected chi connectivity index (χ2v) is 5.12.